The highest BCUT2D eigenvalue weighted by atomic mass is 32.2. The van der Waals surface area contributed by atoms with Gasteiger partial charge in [-0.3, -0.25) is 4.79 Å². The Bertz CT molecular complexity index is 547. The number of hydrogen-bond acceptors (Lipinski definition) is 4. The van der Waals surface area contributed by atoms with Crippen LogP contribution >= 0.6 is 23.1 Å². The summed E-state index contributed by atoms with van der Waals surface area (Å²) in [7, 11) is 0. The monoisotopic (exact) mass is 295 g/mol. The number of aliphatic hydroxyl groups excluding tert-OH is 1. The maximum absolute atomic E-state index is 12.3. The number of amides is 1. The highest BCUT2D eigenvalue weighted by Crippen LogP contribution is 2.25. The van der Waals surface area contributed by atoms with Crippen molar-refractivity contribution < 1.29 is 9.90 Å². The highest BCUT2D eigenvalue weighted by Gasteiger charge is 2.16. The molecular weight excluding hydrogens is 278 g/mol. The van der Waals surface area contributed by atoms with Crippen LogP contribution in [0.4, 0.5) is 0 Å². The Morgan fingerprint density at radius 2 is 2.26 bits per heavy atom. The second-order valence-electron chi connectivity index (χ2n) is 4.28. The van der Waals surface area contributed by atoms with E-state index < -0.39 is 0 Å². The van der Waals surface area contributed by atoms with Crippen molar-refractivity contribution >= 4 is 39.1 Å². The van der Waals surface area contributed by atoms with Gasteiger partial charge in [-0.1, -0.05) is 18.2 Å². The molecule has 0 aliphatic rings. The van der Waals surface area contributed by atoms with Gasteiger partial charge in [-0.25, -0.2) is 0 Å². The summed E-state index contributed by atoms with van der Waals surface area (Å²) in [6.07, 6.45) is 2.59. The highest BCUT2D eigenvalue weighted by molar-refractivity contribution is 7.98. The Labute approximate surface area is 121 Å². The maximum Gasteiger partial charge on any atom is 0.253 e. The second kappa shape index (κ2) is 6.93. The Kier molecular flexibility index (Phi) is 5.24. The van der Waals surface area contributed by atoms with Gasteiger partial charge in [0.25, 0.3) is 5.91 Å². The van der Waals surface area contributed by atoms with Crippen molar-refractivity contribution in [2.24, 2.45) is 0 Å². The van der Waals surface area contributed by atoms with Crippen LogP contribution in [-0.2, 0) is 0 Å². The van der Waals surface area contributed by atoms with Crippen molar-refractivity contribution in [2.45, 2.75) is 12.5 Å². The predicted molar refractivity (Wildman–Crippen MR) is 83.2 cm³/mol. The molecule has 1 atom stereocenters. The predicted octanol–water partition coefficient (Wildman–Crippen LogP) is 2.75. The largest absolute Gasteiger partial charge is 0.396 e. The molecule has 2 aromatic rings. The van der Waals surface area contributed by atoms with Crippen LogP contribution in [0.3, 0.4) is 0 Å². The van der Waals surface area contributed by atoms with Crippen molar-refractivity contribution in [1.82, 2.24) is 5.32 Å². The molecule has 0 radical (unpaired) electrons. The minimum absolute atomic E-state index is 0.0196. The number of thiophene rings is 1. The fourth-order valence-corrected chi connectivity index (χ4v) is 3.56. The van der Waals surface area contributed by atoms with Crippen LogP contribution in [0.15, 0.2) is 29.6 Å². The molecule has 1 aromatic heterocycles. The summed E-state index contributed by atoms with van der Waals surface area (Å²) in [6, 6.07) is 7.92. The topological polar surface area (TPSA) is 49.3 Å². The average molecular weight is 295 g/mol. The molecule has 0 saturated carbocycles. The van der Waals surface area contributed by atoms with E-state index in [0.29, 0.717) is 6.42 Å². The third-order valence-electron chi connectivity index (χ3n) is 2.91. The normalized spacial score (nSPS) is 12.5. The number of hydrogen-bond donors (Lipinski definition) is 2. The van der Waals surface area contributed by atoms with E-state index in [0.717, 1.165) is 21.4 Å². The molecule has 1 heterocycles. The number of carbonyl (C=O) groups excluding carboxylic acids is 1. The first-order valence-corrected chi connectivity index (χ1v) is 8.40. The van der Waals surface area contributed by atoms with Gasteiger partial charge in [0.1, 0.15) is 0 Å². The number of nitrogens with one attached hydrogen (secondary N) is 1. The van der Waals surface area contributed by atoms with Crippen LogP contribution < -0.4 is 5.32 Å². The Hall–Kier alpha value is -1.04. The average Bonchev–Trinajstić information content (AvgIpc) is 2.83. The molecule has 5 heteroatoms. The summed E-state index contributed by atoms with van der Waals surface area (Å²) in [5.74, 6) is 0.763. The molecule has 0 unspecified atom stereocenters. The molecule has 0 fully saturated rings. The standard InChI is InChI=1S/C14H17NO2S2/c1-18-8-10(6-7-16)15-14(17)12-9-19-13-5-3-2-4-11(12)13/h2-5,9-10,16H,6-8H2,1H3,(H,15,17)/t10-/m0/s1. The van der Waals surface area contributed by atoms with Crippen molar-refractivity contribution in [3.05, 3.63) is 35.2 Å². The first-order valence-electron chi connectivity index (χ1n) is 6.13. The molecule has 0 bridgehead atoms. The maximum atomic E-state index is 12.3. The number of benzene rings is 1. The van der Waals surface area contributed by atoms with Crippen molar-refractivity contribution in [1.29, 1.82) is 0 Å². The molecule has 1 amide bonds. The van der Waals surface area contributed by atoms with E-state index in [9.17, 15) is 4.79 Å². The Balaban J connectivity index is 2.14. The van der Waals surface area contributed by atoms with Gasteiger partial charge in [-0.15, -0.1) is 11.3 Å². The molecular formula is C14H17NO2S2. The molecule has 2 N–H and O–H groups in total. The summed E-state index contributed by atoms with van der Waals surface area (Å²) < 4.78 is 1.12. The van der Waals surface area contributed by atoms with Gasteiger partial charge in [0.05, 0.1) is 5.56 Å². The van der Waals surface area contributed by atoms with Gasteiger partial charge >= 0.3 is 0 Å². The minimum atomic E-state index is -0.0510. The van der Waals surface area contributed by atoms with Gasteiger partial charge in [-0.2, -0.15) is 11.8 Å². The van der Waals surface area contributed by atoms with Crippen LogP contribution in [0.25, 0.3) is 10.1 Å². The Morgan fingerprint density at radius 1 is 1.47 bits per heavy atom. The van der Waals surface area contributed by atoms with Crippen LogP contribution in [0.2, 0.25) is 0 Å². The first-order chi connectivity index (χ1) is 9.26. The van der Waals surface area contributed by atoms with Crippen molar-refractivity contribution in [2.75, 3.05) is 18.6 Å². The molecule has 2 rings (SSSR count). The smallest absolute Gasteiger partial charge is 0.253 e. The van der Waals surface area contributed by atoms with E-state index in [-0.39, 0.29) is 18.6 Å². The minimum Gasteiger partial charge on any atom is -0.396 e. The molecule has 0 aliphatic heterocycles. The van der Waals surface area contributed by atoms with Gasteiger partial charge in [0, 0.05) is 33.9 Å². The van der Waals surface area contributed by atoms with E-state index in [1.54, 1.807) is 23.1 Å². The zero-order valence-corrected chi connectivity index (χ0v) is 12.4. The van der Waals surface area contributed by atoms with E-state index in [2.05, 4.69) is 5.32 Å². The first kappa shape index (κ1) is 14.4. The lowest BCUT2D eigenvalue weighted by Gasteiger charge is -2.16. The molecule has 1 aromatic carbocycles. The fourth-order valence-electron chi connectivity index (χ4n) is 1.97. The van der Waals surface area contributed by atoms with Gasteiger partial charge in [0.2, 0.25) is 0 Å². The Morgan fingerprint density at radius 3 is 3.00 bits per heavy atom. The second-order valence-corrected chi connectivity index (χ2v) is 6.11. The zero-order chi connectivity index (χ0) is 13.7. The number of thioether (sulfide) groups is 1. The summed E-state index contributed by atoms with van der Waals surface area (Å²) in [6.45, 7) is 0.0931. The van der Waals surface area contributed by atoms with Crippen LogP contribution in [0.1, 0.15) is 16.8 Å². The lowest BCUT2D eigenvalue weighted by atomic mass is 10.1. The molecule has 0 aliphatic carbocycles. The van der Waals surface area contributed by atoms with Gasteiger partial charge in [-0.05, 0) is 18.7 Å². The molecule has 0 spiro atoms. The SMILES string of the molecule is CSC[C@H](CCO)NC(=O)c1csc2ccccc12. The number of rotatable bonds is 6. The number of carbonyl (C=O) groups is 1. The van der Waals surface area contributed by atoms with Gasteiger partial charge < -0.3 is 10.4 Å². The van der Waals surface area contributed by atoms with Crippen LogP contribution in [-0.4, -0.2) is 35.7 Å². The molecule has 3 nitrogen and oxygen atoms in total. The van der Waals surface area contributed by atoms with Crippen LogP contribution in [0, 0.1) is 0 Å². The fraction of sp³-hybridized carbons (Fsp3) is 0.357. The summed E-state index contributed by atoms with van der Waals surface area (Å²) >= 11 is 3.25. The summed E-state index contributed by atoms with van der Waals surface area (Å²) in [5.41, 5.74) is 0.727. The third-order valence-corrected chi connectivity index (χ3v) is 4.61. The lowest BCUT2D eigenvalue weighted by Crippen LogP contribution is -2.37. The third kappa shape index (κ3) is 3.49. The summed E-state index contributed by atoms with van der Waals surface area (Å²) in [4.78, 5) is 12.3. The quantitative estimate of drug-likeness (QED) is 0.861. The van der Waals surface area contributed by atoms with Crippen LogP contribution in [0.5, 0.6) is 0 Å². The van der Waals surface area contributed by atoms with E-state index in [4.69, 9.17) is 5.11 Å². The lowest BCUT2D eigenvalue weighted by molar-refractivity contribution is 0.0937. The molecule has 102 valence electrons. The van der Waals surface area contributed by atoms with Gasteiger partial charge in [0.15, 0.2) is 0 Å². The van der Waals surface area contributed by atoms with Crippen molar-refractivity contribution in [3.63, 3.8) is 0 Å². The molecule has 19 heavy (non-hydrogen) atoms. The number of fused-ring (bicyclic) bond motifs is 1. The van der Waals surface area contributed by atoms with E-state index in [1.807, 2.05) is 35.9 Å². The number of aliphatic hydroxyl groups is 1. The zero-order valence-electron chi connectivity index (χ0n) is 10.8. The van der Waals surface area contributed by atoms with Crippen molar-refractivity contribution in [3.8, 4) is 0 Å². The summed E-state index contributed by atoms with van der Waals surface area (Å²) in [5, 5.41) is 14.9. The van der Waals surface area contributed by atoms with E-state index in [1.165, 1.54) is 0 Å². The van der Waals surface area contributed by atoms with E-state index >= 15 is 0 Å². The molecule has 0 saturated heterocycles.